The first-order chi connectivity index (χ1) is 8.92. The lowest BCUT2D eigenvalue weighted by Crippen LogP contribution is -2.35. The molecule has 2 saturated heterocycles. The van der Waals surface area contributed by atoms with Crippen LogP contribution >= 0.6 is 0 Å². The minimum absolute atomic E-state index is 0.109. The van der Waals surface area contributed by atoms with Crippen molar-refractivity contribution in [2.75, 3.05) is 0 Å². The van der Waals surface area contributed by atoms with Gasteiger partial charge >= 0.3 is 5.97 Å². The molecule has 1 aliphatic carbocycles. The van der Waals surface area contributed by atoms with E-state index in [1.807, 2.05) is 13.8 Å². The third kappa shape index (κ3) is 2.03. The van der Waals surface area contributed by atoms with Crippen LogP contribution in [0.2, 0.25) is 0 Å². The van der Waals surface area contributed by atoms with E-state index in [4.69, 9.17) is 9.47 Å². The monoisotopic (exact) mass is 264 g/mol. The Hall–Kier alpha value is -1.13. The molecule has 104 valence electrons. The fourth-order valence-electron chi connectivity index (χ4n) is 3.33. The van der Waals surface area contributed by atoms with Gasteiger partial charge in [-0.15, -0.1) is 0 Å². The minimum Gasteiger partial charge on any atom is -0.455 e. The van der Waals surface area contributed by atoms with Crippen LogP contribution in [0.3, 0.4) is 0 Å². The van der Waals surface area contributed by atoms with Gasteiger partial charge in [0.15, 0.2) is 0 Å². The van der Waals surface area contributed by atoms with E-state index in [9.17, 15) is 9.90 Å². The lowest BCUT2D eigenvalue weighted by Gasteiger charge is -2.24. The predicted octanol–water partition coefficient (Wildman–Crippen LogP) is 1.73. The van der Waals surface area contributed by atoms with Gasteiger partial charge in [-0.3, -0.25) is 0 Å². The molecule has 2 aliphatic heterocycles. The molecular weight excluding hydrogens is 244 g/mol. The molecule has 19 heavy (non-hydrogen) atoms. The molecule has 4 nitrogen and oxygen atoms in total. The highest BCUT2D eigenvalue weighted by atomic mass is 16.6. The van der Waals surface area contributed by atoms with Crippen molar-refractivity contribution in [2.24, 2.45) is 5.92 Å². The van der Waals surface area contributed by atoms with E-state index in [0.29, 0.717) is 12.0 Å². The van der Waals surface area contributed by atoms with Gasteiger partial charge in [0.1, 0.15) is 12.2 Å². The van der Waals surface area contributed by atoms with Crippen molar-refractivity contribution < 1.29 is 19.4 Å². The molecular formula is C15H20O4. The third-order valence-electron chi connectivity index (χ3n) is 4.58. The average molecular weight is 264 g/mol. The maximum absolute atomic E-state index is 11.7. The van der Waals surface area contributed by atoms with Gasteiger partial charge in [-0.2, -0.15) is 0 Å². The summed E-state index contributed by atoms with van der Waals surface area (Å²) in [6, 6.07) is 0. The normalized spacial score (nSPS) is 48.7. The number of fused-ring (bicyclic) bond motifs is 3. The molecule has 3 rings (SSSR count). The van der Waals surface area contributed by atoms with E-state index >= 15 is 0 Å². The summed E-state index contributed by atoms with van der Waals surface area (Å²) >= 11 is 0. The lowest BCUT2D eigenvalue weighted by atomic mass is 9.82. The number of carbonyl (C=O) groups excluding carboxylic acids is 1. The second-order valence-corrected chi connectivity index (χ2v) is 6.13. The number of hydrogen-bond donors (Lipinski definition) is 1. The van der Waals surface area contributed by atoms with E-state index in [0.717, 1.165) is 18.4 Å². The molecule has 0 unspecified atom stereocenters. The van der Waals surface area contributed by atoms with E-state index < -0.39 is 12.1 Å². The summed E-state index contributed by atoms with van der Waals surface area (Å²) in [5, 5.41) is 10.4. The Morgan fingerprint density at radius 1 is 1.53 bits per heavy atom. The molecule has 0 aromatic carbocycles. The Bertz CT molecular complexity index is 467. The number of rotatable bonds is 0. The molecule has 0 bridgehead atoms. The smallest absolute Gasteiger partial charge is 0.334 e. The molecule has 5 atom stereocenters. The number of esters is 1. The van der Waals surface area contributed by atoms with E-state index in [1.54, 1.807) is 0 Å². The number of hydrogen-bond acceptors (Lipinski definition) is 4. The molecule has 2 heterocycles. The second-order valence-electron chi connectivity index (χ2n) is 6.13. The summed E-state index contributed by atoms with van der Waals surface area (Å²) < 4.78 is 11.2. The van der Waals surface area contributed by atoms with Gasteiger partial charge in [-0.05, 0) is 33.1 Å². The standard InChI is InChI=1S/C15H20O4/c1-8-5-4-6-15(3)13(19-15)12-11(10(16)7-8)9(2)14(17)18-12/h5,10-13,16H,2,4,6-7H2,1,3H3/b8-5-/t10-,11-,12+,13-,15-/m1/s1. The van der Waals surface area contributed by atoms with E-state index in [-0.39, 0.29) is 23.7 Å². The molecule has 0 amide bonds. The summed E-state index contributed by atoms with van der Waals surface area (Å²) in [5.74, 6) is -0.742. The molecule has 4 heteroatoms. The summed E-state index contributed by atoms with van der Waals surface area (Å²) in [4.78, 5) is 11.7. The van der Waals surface area contributed by atoms with Gasteiger partial charge in [0.2, 0.25) is 0 Å². The molecule has 1 N–H and O–H groups in total. The second kappa shape index (κ2) is 4.18. The Morgan fingerprint density at radius 3 is 3.00 bits per heavy atom. The predicted molar refractivity (Wildman–Crippen MR) is 69.4 cm³/mol. The van der Waals surface area contributed by atoms with Crippen molar-refractivity contribution >= 4 is 5.97 Å². The highest BCUT2D eigenvalue weighted by Gasteiger charge is 2.62. The first-order valence-electron chi connectivity index (χ1n) is 6.84. The van der Waals surface area contributed by atoms with Crippen LogP contribution in [0.4, 0.5) is 0 Å². The molecule has 0 aromatic rings. The third-order valence-corrected chi connectivity index (χ3v) is 4.58. The Morgan fingerprint density at radius 2 is 2.26 bits per heavy atom. The zero-order chi connectivity index (χ0) is 13.8. The van der Waals surface area contributed by atoms with Crippen LogP contribution in [-0.4, -0.2) is 35.0 Å². The van der Waals surface area contributed by atoms with Crippen LogP contribution < -0.4 is 0 Å². The first kappa shape index (κ1) is 12.9. The average Bonchev–Trinajstić information content (AvgIpc) is 2.89. The van der Waals surface area contributed by atoms with Crippen molar-refractivity contribution in [1.29, 1.82) is 0 Å². The number of aliphatic hydroxyl groups excluding tert-OH is 1. The van der Waals surface area contributed by atoms with Gasteiger partial charge in [0.25, 0.3) is 0 Å². The lowest BCUT2D eigenvalue weighted by molar-refractivity contribution is -0.140. The van der Waals surface area contributed by atoms with Gasteiger partial charge < -0.3 is 14.6 Å². The van der Waals surface area contributed by atoms with Crippen molar-refractivity contribution in [1.82, 2.24) is 0 Å². The summed E-state index contributed by atoms with van der Waals surface area (Å²) in [6.07, 6.45) is 3.42. The number of allylic oxidation sites excluding steroid dienone is 1. The molecule has 0 radical (unpaired) electrons. The van der Waals surface area contributed by atoms with Crippen LogP contribution in [0, 0.1) is 5.92 Å². The zero-order valence-electron chi connectivity index (χ0n) is 11.4. The van der Waals surface area contributed by atoms with E-state index in [1.165, 1.54) is 0 Å². The maximum Gasteiger partial charge on any atom is 0.334 e. The van der Waals surface area contributed by atoms with Crippen LogP contribution in [0.1, 0.15) is 33.1 Å². The van der Waals surface area contributed by atoms with Crippen molar-refractivity contribution in [3.8, 4) is 0 Å². The van der Waals surface area contributed by atoms with Crippen molar-refractivity contribution in [3.63, 3.8) is 0 Å². The highest BCUT2D eigenvalue weighted by molar-refractivity contribution is 5.91. The maximum atomic E-state index is 11.7. The Labute approximate surface area is 113 Å². The zero-order valence-corrected chi connectivity index (χ0v) is 11.4. The van der Waals surface area contributed by atoms with Crippen LogP contribution in [0.15, 0.2) is 23.8 Å². The number of ether oxygens (including phenoxy) is 2. The van der Waals surface area contributed by atoms with Crippen LogP contribution in [0.25, 0.3) is 0 Å². The fourth-order valence-corrected chi connectivity index (χ4v) is 3.33. The highest BCUT2D eigenvalue weighted by Crippen LogP contribution is 2.49. The Balaban J connectivity index is 1.93. The van der Waals surface area contributed by atoms with Crippen LogP contribution in [-0.2, 0) is 14.3 Å². The molecule has 2 fully saturated rings. The topological polar surface area (TPSA) is 59.1 Å². The first-order valence-corrected chi connectivity index (χ1v) is 6.84. The van der Waals surface area contributed by atoms with Gasteiger partial charge in [-0.25, -0.2) is 4.79 Å². The SMILES string of the molecule is C=C1C(=O)O[C@H]2[C@H]1[C@H](O)C/C(C)=C\CC[C@@]1(C)O[C@H]21. The molecule has 0 aromatic heterocycles. The number of epoxide rings is 1. The van der Waals surface area contributed by atoms with Gasteiger partial charge in [0, 0.05) is 5.57 Å². The van der Waals surface area contributed by atoms with Gasteiger partial charge in [-0.1, -0.05) is 18.2 Å². The van der Waals surface area contributed by atoms with Crippen molar-refractivity contribution in [2.45, 2.75) is 57.0 Å². The van der Waals surface area contributed by atoms with Crippen LogP contribution in [0.5, 0.6) is 0 Å². The largest absolute Gasteiger partial charge is 0.455 e. The quantitative estimate of drug-likeness (QED) is 0.313. The molecule has 0 saturated carbocycles. The van der Waals surface area contributed by atoms with E-state index in [2.05, 4.69) is 12.7 Å². The summed E-state index contributed by atoms with van der Waals surface area (Å²) in [5.41, 5.74) is 1.28. The van der Waals surface area contributed by atoms with Crippen molar-refractivity contribution in [3.05, 3.63) is 23.8 Å². The molecule has 3 aliphatic rings. The summed E-state index contributed by atoms with van der Waals surface area (Å²) in [7, 11) is 0. The van der Waals surface area contributed by atoms with Gasteiger partial charge in [0.05, 0.1) is 17.6 Å². The fraction of sp³-hybridized carbons (Fsp3) is 0.667. The Kier molecular flexibility index (Phi) is 2.84. The summed E-state index contributed by atoms with van der Waals surface area (Å²) in [6.45, 7) is 7.84. The number of carbonyl (C=O) groups is 1. The molecule has 0 spiro atoms. The minimum atomic E-state index is -0.633. The number of aliphatic hydroxyl groups is 1.